The first-order valence-corrected chi connectivity index (χ1v) is 17.4. The molecule has 7 heteroatoms. The summed E-state index contributed by atoms with van der Waals surface area (Å²) in [7, 11) is 4.77. The zero-order chi connectivity index (χ0) is 34.3. The summed E-state index contributed by atoms with van der Waals surface area (Å²) >= 11 is 1.40. The van der Waals surface area contributed by atoms with Crippen molar-refractivity contribution in [1.82, 2.24) is 5.32 Å². The number of allylic oxidation sites excluding steroid dienone is 9. The minimum Gasteiger partial charge on any atom is -0.493 e. The fourth-order valence-corrected chi connectivity index (χ4v) is 7.18. The van der Waals surface area contributed by atoms with Crippen LogP contribution < -0.4 is 25.0 Å². The molecule has 0 bridgehead atoms. The lowest BCUT2D eigenvalue weighted by Crippen LogP contribution is -2.27. The van der Waals surface area contributed by atoms with Crippen LogP contribution in [0.25, 0.3) is 11.1 Å². The highest BCUT2D eigenvalue weighted by atomic mass is 32.2. The number of carbonyl (C=O) groups excluding carboxylic acids is 1. The largest absolute Gasteiger partial charge is 0.493 e. The second-order valence-corrected chi connectivity index (χ2v) is 13.8. The SMILES string of the molecule is COc1cc2c(c(OC)c1OC)-c1ccc(SC)c(=O)cc1[C@@H](NC(=O)/C=C(C)/C=C/C=C(C)/C=C/C1=C(C)CCCC1(C)C)CC2. The highest BCUT2D eigenvalue weighted by molar-refractivity contribution is 7.98. The van der Waals surface area contributed by atoms with Crippen molar-refractivity contribution in [2.45, 2.75) is 77.7 Å². The summed E-state index contributed by atoms with van der Waals surface area (Å²) in [4.78, 5) is 27.3. The summed E-state index contributed by atoms with van der Waals surface area (Å²) in [5.74, 6) is 1.36. The normalized spacial score (nSPS) is 18.1. The van der Waals surface area contributed by atoms with Gasteiger partial charge in [-0.05, 0) is 111 Å². The number of carbonyl (C=O) groups is 1. The van der Waals surface area contributed by atoms with Crippen LogP contribution in [0.1, 0.15) is 77.5 Å². The van der Waals surface area contributed by atoms with Crippen LogP contribution in [0, 0.1) is 5.41 Å². The van der Waals surface area contributed by atoms with E-state index in [1.807, 2.05) is 43.5 Å². The van der Waals surface area contributed by atoms with Gasteiger partial charge in [0.05, 0.1) is 32.3 Å². The van der Waals surface area contributed by atoms with Crippen LogP contribution in [-0.4, -0.2) is 33.5 Å². The Balaban J connectivity index is 1.61. The van der Waals surface area contributed by atoms with Crippen molar-refractivity contribution >= 4 is 17.7 Å². The molecule has 0 saturated heterocycles. The summed E-state index contributed by atoms with van der Waals surface area (Å²) in [6.45, 7) is 10.9. The van der Waals surface area contributed by atoms with Crippen molar-refractivity contribution in [2.24, 2.45) is 5.41 Å². The van der Waals surface area contributed by atoms with Gasteiger partial charge < -0.3 is 19.5 Å². The monoisotopic (exact) mass is 655 g/mol. The van der Waals surface area contributed by atoms with Gasteiger partial charge in [0.25, 0.3) is 0 Å². The van der Waals surface area contributed by atoms with Gasteiger partial charge in [0, 0.05) is 11.6 Å². The average Bonchev–Trinajstić information content (AvgIpc) is 3.27. The van der Waals surface area contributed by atoms with E-state index in [1.54, 1.807) is 33.5 Å². The minimum atomic E-state index is -0.400. The second-order valence-electron chi connectivity index (χ2n) is 13.0. The van der Waals surface area contributed by atoms with Crippen LogP contribution in [0.15, 0.2) is 92.7 Å². The van der Waals surface area contributed by atoms with E-state index in [1.165, 1.54) is 42.2 Å². The van der Waals surface area contributed by atoms with E-state index in [0.29, 0.717) is 35.0 Å². The van der Waals surface area contributed by atoms with Crippen LogP contribution in [-0.2, 0) is 11.2 Å². The van der Waals surface area contributed by atoms with Crippen molar-refractivity contribution < 1.29 is 19.0 Å². The van der Waals surface area contributed by atoms with Crippen LogP contribution in [0.5, 0.6) is 17.2 Å². The van der Waals surface area contributed by atoms with E-state index in [4.69, 9.17) is 14.2 Å². The number of fused-ring (bicyclic) bond motifs is 3. The van der Waals surface area contributed by atoms with Crippen LogP contribution in [0.2, 0.25) is 0 Å². The summed E-state index contributed by atoms with van der Waals surface area (Å²) in [5, 5.41) is 3.19. The molecular formula is C40H49NO5S. The Kier molecular flexibility index (Phi) is 12.0. The molecule has 1 N–H and O–H groups in total. The van der Waals surface area contributed by atoms with Gasteiger partial charge in [-0.3, -0.25) is 9.59 Å². The molecule has 0 fully saturated rings. The van der Waals surface area contributed by atoms with Gasteiger partial charge >= 0.3 is 0 Å². The lowest BCUT2D eigenvalue weighted by atomic mass is 9.72. The zero-order valence-electron chi connectivity index (χ0n) is 29.3. The molecule has 47 heavy (non-hydrogen) atoms. The van der Waals surface area contributed by atoms with Crippen LogP contribution in [0.3, 0.4) is 0 Å². The van der Waals surface area contributed by atoms with Gasteiger partial charge in [0.2, 0.25) is 11.7 Å². The number of thioether (sulfide) groups is 1. The number of hydrogen-bond donors (Lipinski definition) is 1. The molecule has 0 saturated carbocycles. The van der Waals surface area contributed by atoms with E-state index in [-0.39, 0.29) is 16.8 Å². The van der Waals surface area contributed by atoms with Crippen molar-refractivity contribution in [3.05, 3.63) is 104 Å². The van der Waals surface area contributed by atoms with Crippen molar-refractivity contribution in [3.8, 4) is 28.4 Å². The summed E-state index contributed by atoms with van der Waals surface area (Å²) < 4.78 is 17.2. The molecule has 2 aromatic carbocycles. The highest BCUT2D eigenvalue weighted by Crippen LogP contribution is 2.50. The first kappa shape index (κ1) is 35.9. The molecule has 1 atom stereocenters. The number of amides is 1. The lowest BCUT2D eigenvalue weighted by Gasteiger charge is -2.32. The quantitative estimate of drug-likeness (QED) is 0.156. The number of methoxy groups -OCH3 is 3. The van der Waals surface area contributed by atoms with E-state index < -0.39 is 6.04 Å². The Morgan fingerprint density at radius 1 is 1.00 bits per heavy atom. The zero-order valence-corrected chi connectivity index (χ0v) is 30.2. The van der Waals surface area contributed by atoms with Gasteiger partial charge in [-0.15, -0.1) is 11.8 Å². The Hall–Kier alpha value is -3.97. The van der Waals surface area contributed by atoms with Gasteiger partial charge in [-0.25, -0.2) is 0 Å². The van der Waals surface area contributed by atoms with Gasteiger partial charge in [0.1, 0.15) is 0 Å². The molecule has 0 heterocycles. The molecule has 0 spiro atoms. The molecule has 0 aliphatic heterocycles. The van der Waals surface area contributed by atoms with Crippen LogP contribution >= 0.6 is 11.8 Å². The summed E-state index contributed by atoms with van der Waals surface area (Å²) in [6.07, 6.45) is 18.8. The Bertz CT molecular complexity index is 1730. The smallest absolute Gasteiger partial charge is 0.244 e. The third-order valence-corrected chi connectivity index (χ3v) is 9.95. The number of ether oxygens (including phenoxy) is 3. The minimum absolute atomic E-state index is 0.0924. The molecule has 2 aromatic rings. The van der Waals surface area contributed by atoms with Crippen molar-refractivity contribution in [2.75, 3.05) is 27.6 Å². The topological polar surface area (TPSA) is 73.9 Å². The van der Waals surface area contributed by atoms with E-state index >= 15 is 0 Å². The van der Waals surface area contributed by atoms with E-state index in [9.17, 15) is 9.59 Å². The van der Waals surface area contributed by atoms with E-state index in [0.717, 1.165) is 33.4 Å². The van der Waals surface area contributed by atoms with Crippen molar-refractivity contribution in [3.63, 3.8) is 0 Å². The number of benzene rings is 1. The Labute approximate surface area is 284 Å². The molecule has 1 amide bonds. The van der Waals surface area contributed by atoms with Gasteiger partial charge in [-0.2, -0.15) is 0 Å². The number of aryl methyl sites for hydroxylation is 1. The highest BCUT2D eigenvalue weighted by Gasteiger charge is 2.30. The molecule has 2 aliphatic carbocycles. The third-order valence-electron chi connectivity index (χ3n) is 9.17. The molecule has 250 valence electrons. The molecule has 0 unspecified atom stereocenters. The fourth-order valence-electron chi connectivity index (χ4n) is 6.72. The maximum absolute atomic E-state index is 13.4. The first-order chi connectivity index (χ1) is 22.4. The number of rotatable bonds is 10. The Morgan fingerprint density at radius 2 is 1.74 bits per heavy atom. The average molecular weight is 656 g/mol. The third kappa shape index (κ3) is 8.31. The van der Waals surface area contributed by atoms with Gasteiger partial charge in [-0.1, -0.05) is 61.4 Å². The first-order valence-electron chi connectivity index (χ1n) is 16.2. The van der Waals surface area contributed by atoms with Crippen molar-refractivity contribution in [1.29, 1.82) is 0 Å². The predicted octanol–water partition coefficient (Wildman–Crippen LogP) is 9.10. The molecule has 4 rings (SSSR count). The Morgan fingerprint density at radius 3 is 2.40 bits per heavy atom. The molecule has 2 aliphatic rings. The maximum atomic E-state index is 13.4. The summed E-state index contributed by atoms with van der Waals surface area (Å²) in [5.41, 5.74) is 8.39. The molecular weight excluding hydrogens is 607 g/mol. The predicted molar refractivity (Wildman–Crippen MR) is 195 cm³/mol. The summed E-state index contributed by atoms with van der Waals surface area (Å²) in [6, 6.07) is 6.99. The van der Waals surface area contributed by atoms with Crippen LogP contribution in [0.4, 0.5) is 0 Å². The van der Waals surface area contributed by atoms with E-state index in [2.05, 4.69) is 51.2 Å². The fraction of sp³-hybridized carbons (Fsp3) is 0.400. The number of nitrogens with one attached hydrogen (secondary N) is 1. The molecule has 0 aromatic heterocycles. The van der Waals surface area contributed by atoms with Gasteiger partial charge in [0.15, 0.2) is 16.9 Å². The number of hydrogen-bond acceptors (Lipinski definition) is 6. The molecule has 6 nitrogen and oxygen atoms in total. The standard InChI is InChI=1S/C40H49NO5S/c1-25(15-18-31-27(3)14-11-21-40(31,4)5)12-10-13-26(2)22-36(43)41-32-19-16-28-23-34(44-6)38(45-7)39(46-8)37(28)29-17-20-35(47-9)33(42)24-30(29)32/h10,12-13,15,17-18,20,22-24,32H,11,14,16,19,21H2,1-9H3,(H,41,43)/b13-10+,18-15+,25-12+,26-22+/t32-/m0/s1. The second kappa shape index (κ2) is 15.7. The molecule has 0 radical (unpaired) electrons. The lowest BCUT2D eigenvalue weighted by molar-refractivity contribution is -0.117. The maximum Gasteiger partial charge on any atom is 0.244 e.